The molecule has 0 radical (unpaired) electrons. The molecular formula is C13H18ClN. The molecule has 2 heteroatoms. The first-order valence-electron chi connectivity index (χ1n) is 4.77. The van der Waals surface area contributed by atoms with Crippen molar-refractivity contribution < 1.29 is 0 Å². The maximum absolute atomic E-state index is 5.73. The van der Waals surface area contributed by atoms with Crippen LogP contribution in [0.4, 0.5) is 5.69 Å². The summed E-state index contributed by atoms with van der Waals surface area (Å²) in [6.45, 7) is 9.56. The zero-order chi connectivity index (χ0) is 11.8. The zero-order valence-electron chi connectivity index (χ0n) is 9.55. The number of halogens is 1. The van der Waals surface area contributed by atoms with Crippen LogP contribution in [0.25, 0.3) is 0 Å². The second-order valence-electron chi connectivity index (χ2n) is 3.35. The van der Waals surface area contributed by atoms with Gasteiger partial charge in [0, 0.05) is 10.7 Å². The van der Waals surface area contributed by atoms with E-state index in [4.69, 9.17) is 17.3 Å². The summed E-state index contributed by atoms with van der Waals surface area (Å²) in [5.41, 5.74) is 8.33. The summed E-state index contributed by atoms with van der Waals surface area (Å²) < 4.78 is 0. The summed E-state index contributed by atoms with van der Waals surface area (Å²) >= 11 is 5.73. The molecule has 0 aliphatic carbocycles. The lowest BCUT2D eigenvalue weighted by atomic mass is 10.2. The zero-order valence-corrected chi connectivity index (χ0v) is 10.3. The van der Waals surface area contributed by atoms with Gasteiger partial charge in [0.1, 0.15) is 0 Å². The van der Waals surface area contributed by atoms with Crippen molar-refractivity contribution in [3.05, 3.63) is 53.1 Å². The molecule has 1 nitrogen and oxygen atoms in total. The number of rotatable bonds is 1. The lowest BCUT2D eigenvalue weighted by Crippen LogP contribution is -1.83. The van der Waals surface area contributed by atoms with Crippen LogP contribution in [-0.4, -0.2) is 0 Å². The van der Waals surface area contributed by atoms with Crippen LogP contribution >= 0.6 is 11.6 Å². The summed E-state index contributed by atoms with van der Waals surface area (Å²) in [5, 5.41) is 0.731. The molecule has 0 aliphatic rings. The molecule has 0 atom stereocenters. The van der Waals surface area contributed by atoms with Crippen molar-refractivity contribution in [2.45, 2.75) is 20.8 Å². The Balaban J connectivity index is 0.000000288. The molecule has 2 N–H and O–H groups in total. The fourth-order valence-electron chi connectivity index (χ4n) is 0.894. The maximum atomic E-state index is 5.73. The summed E-state index contributed by atoms with van der Waals surface area (Å²) in [6.07, 6.45) is 3.95. The molecule has 82 valence electrons. The Morgan fingerprint density at radius 2 is 2.07 bits per heavy atom. The topological polar surface area (TPSA) is 26.0 Å². The first-order chi connectivity index (χ1) is 6.97. The molecule has 0 saturated heterocycles. The van der Waals surface area contributed by atoms with E-state index in [1.54, 1.807) is 6.07 Å². The Hall–Kier alpha value is -1.21. The van der Waals surface area contributed by atoms with E-state index in [0.717, 1.165) is 16.2 Å². The Kier molecular flexibility index (Phi) is 6.56. The molecule has 0 bridgehead atoms. The molecule has 1 rings (SSSR count). The summed E-state index contributed by atoms with van der Waals surface area (Å²) in [7, 11) is 0. The highest BCUT2D eigenvalue weighted by atomic mass is 35.5. The molecular weight excluding hydrogens is 206 g/mol. The number of nitrogens with two attached hydrogens (primary N) is 1. The van der Waals surface area contributed by atoms with Crippen molar-refractivity contribution in [1.29, 1.82) is 0 Å². The van der Waals surface area contributed by atoms with Crippen molar-refractivity contribution in [1.82, 2.24) is 0 Å². The fraction of sp³-hybridized carbons (Fsp3) is 0.231. The highest BCUT2D eigenvalue weighted by molar-refractivity contribution is 6.31. The van der Waals surface area contributed by atoms with Gasteiger partial charge in [-0.2, -0.15) is 0 Å². The van der Waals surface area contributed by atoms with E-state index in [0.29, 0.717) is 5.69 Å². The first-order valence-corrected chi connectivity index (χ1v) is 5.15. The number of hydrogen-bond acceptors (Lipinski definition) is 1. The van der Waals surface area contributed by atoms with Gasteiger partial charge in [0.25, 0.3) is 0 Å². The molecule has 0 aliphatic heterocycles. The monoisotopic (exact) mass is 223 g/mol. The lowest BCUT2D eigenvalue weighted by molar-refractivity contribution is 1.47. The summed E-state index contributed by atoms with van der Waals surface area (Å²) in [4.78, 5) is 0. The van der Waals surface area contributed by atoms with Gasteiger partial charge in [0.2, 0.25) is 0 Å². The molecule has 1 aromatic carbocycles. The molecule has 0 fully saturated rings. The van der Waals surface area contributed by atoms with Crippen LogP contribution in [0.5, 0.6) is 0 Å². The third kappa shape index (κ3) is 6.81. The van der Waals surface area contributed by atoms with Crippen molar-refractivity contribution in [3.63, 3.8) is 0 Å². The van der Waals surface area contributed by atoms with Gasteiger partial charge in [-0.05, 0) is 38.5 Å². The summed E-state index contributed by atoms with van der Waals surface area (Å²) in [5.74, 6) is 0. The van der Waals surface area contributed by atoms with Gasteiger partial charge >= 0.3 is 0 Å². The summed E-state index contributed by atoms with van der Waals surface area (Å²) in [6, 6.07) is 5.48. The first kappa shape index (κ1) is 13.8. The van der Waals surface area contributed by atoms with Gasteiger partial charge in [-0.3, -0.25) is 0 Å². The predicted octanol–water partition coefficient (Wildman–Crippen LogP) is 4.37. The Morgan fingerprint density at radius 1 is 1.47 bits per heavy atom. The minimum Gasteiger partial charge on any atom is -0.399 e. The van der Waals surface area contributed by atoms with Crippen molar-refractivity contribution in [2.24, 2.45) is 0 Å². The Morgan fingerprint density at radius 3 is 2.33 bits per heavy atom. The number of nitrogen functional groups attached to an aromatic ring is 1. The lowest BCUT2D eigenvalue weighted by Gasteiger charge is -1.96. The predicted molar refractivity (Wildman–Crippen MR) is 70.2 cm³/mol. The smallest absolute Gasteiger partial charge is 0.0455 e. The maximum Gasteiger partial charge on any atom is 0.0455 e. The number of hydrogen-bond donors (Lipinski definition) is 1. The third-order valence-corrected chi connectivity index (χ3v) is 2.05. The number of allylic oxidation sites excluding steroid dienone is 3. The minimum atomic E-state index is 0.714. The highest BCUT2D eigenvalue weighted by Gasteiger charge is 1.91. The molecule has 0 aromatic heterocycles. The fourth-order valence-corrected chi connectivity index (χ4v) is 1.08. The van der Waals surface area contributed by atoms with Gasteiger partial charge in [0.05, 0.1) is 0 Å². The Bertz CT molecular complexity index is 354. The average molecular weight is 224 g/mol. The van der Waals surface area contributed by atoms with Gasteiger partial charge in [-0.15, -0.1) is 0 Å². The van der Waals surface area contributed by atoms with Crippen LogP contribution in [0.15, 0.2) is 42.5 Å². The normalized spacial score (nSPS) is 9.60. The van der Waals surface area contributed by atoms with Gasteiger partial charge in [-0.25, -0.2) is 0 Å². The van der Waals surface area contributed by atoms with E-state index in [1.807, 2.05) is 45.1 Å². The van der Waals surface area contributed by atoms with Crippen LogP contribution in [0.3, 0.4) is 0 Å². The Labute approximate surface area is 97.3 Å². The third-order valence-electron chi connectivity index (χ3n) is 1.65. The van der Waals surface area contributed by atoms with Crippen LogP contribution in [0, 0.1) is 6.92 Å². The van der Waals surface area contributed by atoms with Crippen molar-refractivity contribution in [2.75, 3.05) is 5.73 Å². The molecule has 1 aromatic rings. The van der Waals surface area contributed by atoms with Crippen LogP contribution in [0.2, 0.25) is 5.02 Å². The molecule has 0 saturated carbocycles. The van der Waals surface area contributed by atoms with Gasteiger partial charge in [0.15, 0.2) is 0 Å². The highest BCUT2D eigenvalue weighted by Crippen LogP contribution is 2.17. The van der Waals surface area contributed by atoms with Crippen LogP contribution in [-0.2, 0) is 0 Å². The van der Waals surface area contributed by atoms with Gasteiger partial charge in [-0.1, -0.05) is 42.0 Å². The van der Waals surface area contributed by atoms with Crippen LogP contribution in [0.1, 0.15) is 19.4 Å². The largest absolute Gasteiger partial charge is 0.399 e. The van der Waals surface area contributed by atoms with E-state index < -0.39 is 0 Å². The van der Waals surface area contributed by atoms with E-state index in [2.05, 4.69) is 6.58 Å². The average Bonchev–Trinajstić information content (AvgIpc) is 2.13. The van der Waals surface area contributed by atoms with Crippen molar-refractivity contribution >= 4 is 17.3 Å². The minimum absolute atomic E-state index is 0.714. The number of benzene rings is 1. The standard InChI is InChI=1S/C7H8ClN.C6H10/c1-5-2-3-6(9)4-7(5)8;1-4-5-6(2)3/h2-4H,9H2,1H3;4-5H,2H2,1,3H3/b;5-4-. The van der Waals surface area contributed by atoms with E-state index in [9.17, 15) is 0 Å². The van der Waals surface area contributed by atoms with Crippen molar-refractivity contribution in [3.8, 4) is 0 Å². The van der Waals surface area contributed by atoms with E-state index in [-0.39, 0.29) is 0 Å². The molecule has 15 heavy (non-hydrogen) atoms. The second-order valence-corrected chi connectivity index (χ2v) is 3.76. The van der Waals surface area contributed by atoms with E-state index in [1.165, 1.54) is 0 Å². The van der Waals surface area contributed by atoms with Gasteiger partial charge < -0.3 is 5.73 Å². The second kappa shape index (κ2) is 7.13. The number of anilines is 1. The quantitative estimate of drug-likeness (QED) is 0.555. The molecule has 0 spiro atoms. The molecule has 0 unspecified atom stereocenters. The van der Waals surface area contributed by atoms with Crippen LogP contribution < -0.4 is 5.73 Å². The molecule has 0 heterocycles. The molecule has 0 amide bonds. The SMILES string of the molecule is C=C(C)/C=C\C.Cc1ccc(N)cc1Cl. The van der Waals surface area contributed by atoms with E-state index >= 15 is 0 Å². The number of aryl methyl sites for hydroxylation is 1.